The number of hydrogen-bond acceptors (Lipinski definition) is 15. The van der Waals surface area contributed by atoms with Crippen molar-refractivity contribution in [1.82, 2.24) is 19.4 Å². The molecule has 2 fully saturated rings. The van der Waals surface area contributed by atoms with Crippen LogP contribution in [-0.4, -0.2) is 147 Å². The Bertz CT molecular complexity index is 1480. The smallest absolute Gasteiger partial charge is 0.397 e. The minimum atomic E-state index is -5.22. The maximum Gasteiger partial charge on any atom is 0.397 e. The third-order valence-corrected chi connectivity index (χ3v) is 7.76. The second-order valence-electron chi connectivity index (χ2n) is 10.0. The number of carboxylic acid groups (broad SMARTS) is 1. The average molecular weight is 638 g/mol. The average Bonchev–Trinajstić information content (AvgIpc) is 3.32. The highest BCUT2D eigenvalue weighted by molar-refractivity contribution is 7.80. The highest BCUT2D eigenvalue weighted by Crippen LogP contribution is 2.36. The molecule has 3 aliphatic heterocycles. The zero-order valence-electron chi connectivity index (χ0n) is 22.6. The number of amides is 1. The van der Waals surface area contributed by atoms with Gasteiger partial charge in [-0.1, -0.05) is 0 Å². The van der Waals surface area contributed by atoms with E-state index in [0.717, 1.165) is 28.8 Å². The molecule has 1 aromatic heterocycles. The fraction of sp³-hybridized carbons (Fsp3) is 0.636. The zero-order chi connectivity index (χ0) is 32.0. The van der Waals surface area contributed by atoms with Crippen molar-refractivity contribution in [3.63, 3.8) is 0 Å². The Kier molecular flexibility index (Phi) is 9.53. The van der Waals surface area contributed by atoms with E-state index in [4.69, 9.17) is 19.9 Å². The quantitative estimate of drug-likeness (QED) is 0.124. The summed E-state index contributed by atoms with van der Waals surface area (Å²) in [5, 5.41) is 42.1. The van der Waals surface area contributed by atoms with E-state index in [0.29, 0.717) is 0 Å². The molecule has 0 bridgehead atoms. The van der Waals surface area contributed by atoms with E-state index in [-0.39, 0.29) is 13.1 Å². The summed E-state index contributed by atoms with van der Waals surface area (Å²) in [6.45, 7) is -0.562. The lowest BCUT2D eigenvalue weighted by atomic mass is 9.97. The van der Waals surface area contributed by atoms with Crippen molar-refractivity contribution in [2.24, 2.45) is 5.73 Å². The minimum absolute atomic E-state index is 0.180. The fourth-order valence-corrected chi connectivity index (χ4v) is 5.65. The van der Waals surface area contributed by atoms with E-state index in [9.17, 15) is 52.6 Å². The van der Waals surface area contributed by atoms with E-state index < -0.39 is 101 Å². The lowest BCUT2D eigenvalue weighted by molar-refractivity contribution is -0.230. The molecule has 0 aromatic carbocycles. The van der Waals surface area contributed by atoms with Crippen LogP contribution in [0, 0.1) is 0 Å². The third-order valence-electron chi connectivity index (χ3n) is 7.30. The predicted molar refractivity (Wildman–Crippen MR) is 137 cm³/mol. The van der Waals surface area contributed by atoms with Gasteiger partial charge < -0.3 is 45.3 Å². The molecule has 4 heterocycles. The molecule has 0 aliphatic carbocycles. The Hall–Kier alpha value is -3.09. The fourth-order valence-electron chi connectivity index (χ4n) is 5.16. The van der Waals surface area contributed by atoms with Crippen molar-refractivity contribution in [2.45, 2.75) is 61.3 Å². The van der Waals surface area contributed by atoms with Crippen molar-refractivity contribution in [3.05, 3.63) is 44.9 Å². The van der Waals surface area contributed by atoms with E-state index in [1.807, 2.05) is 4.98 Å². The monoisotopic (exact) mass is 637 g/mol. The molecule has 0 saturated carbocycles. The summed E-state index contributed by atoms with van der Waals surface area (Å²) in [4.78, 5) is 53.5. The first-order chi connectivity index (χ1) is 20.0. The van der Waals surface area contributed by atoms with Crippen LogP contribution in [0.15, 0.2) is 33.6 Å². The Labute approximate surface area is 242 Å². The van der Waals surface area contributed by atoms with Gasteiger partial charge in [-0.05, 0) is 13.1 Å². The van der Waals surface area contributed by atoms with E-state index >= 15 is 0 Å². The summed E-state index contributed by atoms with van der Waals surface area (Å²) in [6, 6.07) is -0.611. The highest BCUT2D eigenvalue weighted by Gasteiger charge is 2.56. The van der Waals surface area contributed by atoms with Gasteiger partial charge in [0.2, 0.25) is 5.91 Å². The second-order valence-corrected chi connectivity index (χ2v) is 11.1. The maximum absolute atomic E-state index is 13.7. The van der Waals surface area contributed by atoms with Gasteiger partial charge in [0.1, 0.15) is 48.4 Å². The number of nitrogens with zero attached hydrogens (tertiary/aromatic N) is 3. The number of aromatic nitrogens is 2. The van der Waals surface area contributed by atoms with Gasteiger partial charge in [-0.2, -0.15) is 8.42 Å². The molecule has 1 aromatic rings. The maximum atomic E-state index is 13.7. The highest BCUT2D eigenvalue weighted by atomic mass is 32.3. The molecule has 4 rings (SSSR count). The van der Waals surface area contributed by atoms with Gasteiger partial charge in [-0.25, -0.2) is 13.8 Å². The minimum Gasteiger partial charge on any atom is -0.477 e. The Balaban J connectivity index is 1.78. The number of carbonyl (C=O) groups excluding carboxylic acids is 1. The lowest BCUT2D eigenvalue weighted by Crippen LogP contribution is -2.59. The molecule has 2 saturated heterocycles. The summed E-state index contributed by atoms with van der Waals surface area (Å²) in [7, 11) is -2.68. The van der Waals surface area contributed by atoms with Crippen molar-refractivity contribution >= 4 is 22.3 Å². The molecule has 3 aliphatic rings. The summed E-state index contributed by atoms with van der Waals surface area (Å²) < 4.78 is 55.0. The number of ether oxygens (including phenoxy) is 3. The summed E-state index contributed by atoms with van der Waals surface area (Å²) in [5.41, 5.74) is 3.39. The molecule has 20 nitrogen and oxygen atoms in total. The van der Waals surface area contributed by atoms with Crippen molar-refractivity contribution in [2.75, 3.05) is 27.2 Å². The van der Waals surface area contributed by atoms with Crippen molar-refractivity contribution in [3.8, 4) is 0 Å². The molecule has 10 unspecified atom stereocenters. The van der Waals surface area contributed by atoms with Gasteiger partial charge in [-0.3, -0.25) is 28.6 Å². The number of carbonyl (C=O) groups is 2. The van der Waals surface area contributed by atoms with Crippen LogP contribution in [0.4, 0.5) is 0 Å². The number of aliphatic carboxylic acids is 1. The number of carboxylic acids is 1. The zero-order valence-corrected chi connectivity index (χ0v) is 23.4. The Morgan fingerprint density at radius 3 is 2.42 bits per heavy atom. The van der Waals surface area contributed by atoms with E-state index in [1.165, 1.54) is 18.0 Å². The number of nitrogens with two attached hydrogens (primary N) is 1. The Morgan fingerprint density at radius 1 is 1.16 bits per heavy atom. The van der Waals surface area contributed by atoms with E-state index in [1.54, 1.807) is 0 Å². The van der Waals surface area contributed by atoms with Gasteiger partial charge in [-0.15, -0.1) is 0 Å². The number of rotatable bonds is 9. The molecular weight excluding hydrogens is 606 g/mol. The number of likely N-dealkylation sites (N-methyl/N-ethyl adjacent to an activating group) is 2. The molecule has 10 atom stereocenters. The van der Waals surface area contributed by atoms with Gasteiger partial charge in [0.15, 0.2) is 18.6 Å². The van der Waals surface area contributed by atoms with Crippen LogP contribution in [0.5, 0.6) is 0 Å². The SMILES string of the molecule is CN1C(=O)C(C(OC2OC(CN)C(O)C2OS(=O)(=O)O)C2OC(n3ccc(=O)[nH]c3=O)C(O)C2O)N(C)CC=C1C(=O)O. The topological polar surface area (TPSA) is 294 Å². The molecule has 8 N–H and O–H groups in total. The number of aliphatic hydroxyl groups is 3. The van der Waals surface area contributed by atoms with Crippen LogP contribution >= 0.6 is 0 Å². The largest absolute Gasteiger partial charge is 0.477 e. The number of hydrogen-bond donors (Lipinski definition) is 7. The molecule has 1 amide bonds. The van der Waals surface area contributed by atoms with Crippen LogP contribution < -0.4 is 17.0 Å². The molecule has 43 heavy (non-hydrogen) atoms. The first-order valence-corrected chi connectivity index (χ1v) is 14.0. The number of aromatic amines is 1. The van der Waals surface area contributed by atoms with Crippen LogP contribution in [0.25, 0.3) is 0 Å². The van der Waals surface area contributed by atoms with Crippen LogP contribution in [-0.2, 0) is 38.4 Å². The lowest BCUT2D eigenvalue weighted by Gasteiger charge is -2.38. The number of nitrogens with one attached hydrogen (secondary N) is 1. The molecule has 0 radical (unpaired) electrons. The number of H-pyrrole nitrogens is 1. The molecule has 0 spiro atoms. The van der Waals surface area contributed by atoms with Crippen molar-refractivity contribution < 1.29 is 61.4 Å². The summed E-state index contributed by atoms with van der Waals surface area (Å²) >= 11 is 0. The van der Waals surface area contributed by atoms with Gasteiger partial charge in [0.25, 0.3) is 5.56 Å². The van der Waals surface area contributed by atoms with Crippen LogP contribution in [0.3, 0.4) is 0 Å². The second kappa shape index (κ2) is 12.5. The van der Waals surface area contributed by atoms with Crippen molar-refractivity contribution in [1.29, 1.82) is 0 Å². The normalized spacial score (nSPS) is 34.7. The first kappa shape index (κ1) is 32.8. The van der Waals surface area contributed by atoms with Gasteiger partial charge >= 0.3 is 22.1 Å². The van der Waals surface area contributed by atoms with E-state index in [2.05, 4.69) is 4.18 Å². The predicted octanol–water partition coefficient (Wildman–Crippen LogP) is -5.49. The molecular formula is C22H31N5O15S. The summed E-state index contributed by atoms with van der Waals surface area (Å²) in [5.74, 6) is -2.36. The summed E-state index contributed by atoms with van der Waals surface area (Å²) in [6.07, 6.45) is -13.7. The Morgan fingerprint density at radius 2 is 1.84 bits per heavy atom. The standard InChI is InChI=1S/C22H31N5O15S/c1-25-5-3-8(20(33)34)26(2)18(32)11(25)15(41-21-17(42-43(36,37)38)12(29)9(7-23)39-21)16-13(30)14(31)19(40-16)27-6-4-10(28)24-22(27)35/h3-4,6,9,11-17,19,21,29-31H,5,7,23H2,1-2H3,(H,33,34)(H,24,28,35)(H,36,37,38). The van der Waals surface area contributed by atoms with Gasteiger partial charge in [0, 0.05) is 32.4 Å². The van der Waals surface area contributed by atoms with Gasteiger partial charge in [0.05, 0.1) is 0 Å². The molecule has 240 valence electrons. The number of aliphatic hydroxyl groups excluding tert-OH is 3. The first-order valence-electron chi connectivity index (χ1n) is 12.6. The van der Waals surface area contributed by atoms with Crippen LogP contribution in [0.2, 0.25) is 0 Å². The third kappa shape index (κ3) is 6.56. The molecule has 21 heteroatoms. The van der Waals surface area contributed by atoms with Crippen LogP contribution in [0.1, 0.15) is 6.23 Å².